The maximum Gasteiger partial charge on any atom is 0.416 e. The first kappa shape index (κ1) is 28.9. The van der Waals surface area contributed by atoms with Gasteiger partial charge in [-0.2, -0.15) is 21.6 Å². The molecule has 0 heterocycles. The van der Waals surface area contributed by atoms with Crippen molar-refractivity contribution >= 4 is 33.3 Å². The Morgan fingerprint density at radius 1 is 1.08 bits per heavy atom. The van der Waals surface area contributed by atoms with Crippen LogP contribution in [0.1, 0.15) is 21.5 Å². The van der Waals surface area contributed by atoms with Crippen LogP contribution in [0, 0.1) is 10.1 Å². The largest absolute Gasteiger partial charge is 0.416 e. The van der Waals surface area contributed by atoms with Gasteiger partial charge in [-0.25, -0.2) is 0 Å². The number of methoxy groups -OCH3 is 1. The first-order valence-corrected chi connectivity index (χ1v) is 12.5. The van der Waals surface area contributed by atoms with E-state index in [2.05, 4.69) is 0 Å². The van der Waals surface area contributed by atoms with Crippen molar-refractivity contribution in [1.82, 2.24) is 4.90 Å². The van der Waals surface area contributed by atoms with E-state index >= 15 is 0 Å². The summed E-state index contributed by atoms with van der Waals surface area (Å²) in [7, 11) is -3.19. The number of hydrogen-bond acceptors (Lipinski definition) is 7. The summed E-state index contributed by atoms with van der Waals surface area (Å²) in [6.07, 6.45) is -4.74. The molecule has 0 N–H and O–H groups in total. The molecular weight excluding hydrogens is 553 g/mol. The van der Waals surface area contributed by atoms with Crippen LogP contribution in [0.15, 0.2) is 71.6 Å². The van der Waals surface area contributed by atoms with E-state index in [4.69, 9.17) is 20.5 Å². The molecule has 14 heteroatoms. The number of benzene rings is 3. The minimum atomic E-state index is -4.74. The van der Waals surface area contributed by atoms with Crippen LogP contribution in [0.4, 0.5) is 18.9 Å². The zero-order valence-electron chi connectivity index (χ0n) is 19.6. The fraction of sp³-hybridized carbons (Fsp3) is 0.208. The molecule has 0 saturated carbocycles. The van der Waals surface area contributed by atoms with Crippen LogP contribution in [0.3, 0.4) is 0 Å². The van der Waals surface area contributed by atoms with Gasteiger partial charge in [-0.1, -0.05) is 29.8 Å². The standard InChI is InChI=1S/C24H20ClF3N2O7S/c1-36-11-10-29(23(31)17-8-9-21(25)22(13-17)30(32)33)15-16-4-2-6-19(12-16)37-38(34,35)20-7-3-5-18(14-20)24(26,27)28/h2-9,12-14H,10-11,15H2,1H3. The molecule has 0 unspecified atom stereocenters. The summed E-state index contributed by atoms with van der Waals surface area (Å²) in [4.78, 5) is 24.3. The first-order valence-electron chi connectivity index (χ1n) is 10.7. The Kier molecular flexibility index (Phi) is 8.97. The van der Waals surface area contributed by atoms with Crippen LogP contribution < -0.4 is 4.18 Å². The van der Waals surface area contributed by atoms with E-state index in [1.54, 1.807) is 6.07 Å². The smallest absolute Gasteiger partial charge is 0.383 e. The van der Waals surface area contributed by atoms with Crippen LogP contribution in [0.2, 0.25) is 5.02 Å². The second-order valence-corrected chi connectivity index (χ2v) is 9.81. The number of alkyl halides is 3. The van der Waals surface area contributed by atoms with Crippen molar-refractivity contribution in [3.63, 3.8) is 0 Å². The number of rotatable bonds is 10. The Hall–Kier alpha value is -3.68. The van der Waals surface area contributed by atoms with Gasteiger partial charge < -0.3 is 13.8 Å². The summed E-state index contributed by atoms with van der Waals surface area (Å²) in [6, 6.07) is 12.4. The summed E-state index contributed by atoms with van der Waals surface area (Å²) in [5, 5.41) is 11.1. The molecule has 1 amide bonds. The van der Waals surface area contributed by atoms with Gasteiger partial charge in [-0.15, -0.1) is 0 Å². The highest BCUT2D eigenvalue weighted by Crippen LogP contribution is 2.31. The summed E-state index contributed by atoms with van der Waals surface area (Å²) >= 11 is 5.83. The number of carbonyl (C=O) groups excluding carboxylic acids is 1. The quantitative estimate of drug-likeness (QED) is 0.183. The normalized spacial score (nSPS) is 11.7. The topological polar surface area (TPSA) is 116 Å². The van der Waals surface area contributed by atoms with Crippen molar-refractivity contribution < 1.29 is 40.2 Å². The molecule has 0 radical (unpaired) electrons. The molecule has 0 aromatic heterocycles. The van der Waals surface area contributed by atoms with Gasteiger partial charge in [0.15, 0.2) is 0 Å². The molecule has 3 aromatic carbocycles. The minimum absolute atomic E-state index is 0.00303. The Balaban J connectivity index is 1.85. The predicted molar refractivity (Wildman–Crippen MR) is 130 cm³/mol. The van der Waals surface area contributed by atoms with Gasteiger partial charge in [-0.3, -0.25) is 14.9 Å². The molecule has 38 heavy (non-hydrogen) atoms. The Morgan fingerprint density at radius 3 is 2.45 bits per heavy atom. The fourth-order valence-electron chi connectivity index (χ4n) is 3.34. The molecule has 0 saturated heterocycles. The number of nitrogens with zero attached hydrogens (tertiary/aromatic N) is 2. The van der Waals surface area contributed by atoms with E-state index in [9.17, 15) is 36.5 Å². The van der Waals surface area contributed by atoms with Gasteiger partial charge in [0.05, 0.1) is 17.1 Å². The summed E-state index contributed by atoms with van der Waals surface area (Å²) in [5.74, 6) is -0.772. The lowest BCUT2D eigenvalue weighted by Crippen LogP contribution is -2.33. The molecule has 0 atom stereocenters. The third-order valence-corrected chi connectivity index (χ3v) is 6.73. The zero-order chi connectivity index (χ0) is 28.1. The van der Waals surface area contributed by atoms with Crippen LogP contribution in [-0.2, 0) is 27.6 Å². The number of nitro groups is 1. The van der Waals surface area contributed by atoms with E-state index in [1.165, 1.54) is 42.3 Å². The molecule has 0 bridgehead atoms. The second-order valence-electron chi connectivity index (χ2n) is 7.85. The number of halogens is 4. The van der Waals surface area contributed by atoms with Gasteiger partial charge in [0, 0.05) is 31.8 Å². The highest BCUT2D eigenvalue weighted by atomic mass is 35.5. The van der Waals surface area contributed by atoms with Crippen molar-refractivity contribution in [1.29, 1.82) is 0 Å². The zero-order valence-corrected chi connectivity index (χ0v) is 21.2. The van der Waals surface area contributed by atoms with Gasteiger partial charge >= 0.3 is 16.3 Å². The van der Waals surface area contributed by atoms with E-state index in [1.807, 2.05) is 0 Å². The third kappa shape index (κ3) is 7.21. The SMILES string of the molecule is COCCN(Cc1cccc(OS(=O)(=O)c2cccc(C(F)(F)F)c2)c1)C(=O)c1ccc(Cl)c([N+](=O)[O-])c1. The molecule has 0 aliphatic rings. The molecule has 0 fully saturated rings. The highest BCUT2D eigenvalue weighted by molar-refractivity contribution is 7.87. The van der Waals surface area contributed by atoms with Crippen LogP contribution in [0.5, 0.6) is 5.75 Å². The molecule has 0 spiro atoms. The van der Waals surface area contributed by atoms with E-state index in [0.29, 0.717) is 11.6 Å². The molecule has 0 aliphatic carbocycles. The Labute approximate surface area is 220 Å². The third-order valence-electron chi connectivity index (χ3n) is 5.17. The molecule has 202 valence electrons. The van der Waals surface area contributed by atoms with Gasteiger partial charge in [0.2, 0.25) is 0 Å². The Bertz CT molecular complexity index is 1450. The van der Waals surface area contributed by atoms with Crippen molar-refractivity contribution in [3.8, 4) is 5.75 Å². The molecule has 9 nitrogen and oxygen atoms in total. The van der Waals surface area contributed by atoms with Crippen molar-refractivity contribution in [2.24, 2.45) is 0 Å². The maximum absolute atomic E-state index is 13.1. The lowest BCUT2D eigenvalue weighted by Gasteiger charge is -2.23. The summed E-state index contributed by atoms with van der Waals surface area (Å²) in [5.41, 5.74) is -1.18. The van der Waals surface area contributed by atoms with Gasteiger partial charge in [0.25, 0.3) is 11.6 Å². The van der Waals surface area contributed by atoms with E-state index in [0.717, 1.165) is 24.3 Å². The van der Waals surface area contributed by atoms with Gasteiger partial charge in [0.1, 0.15) is 15.7 Å². The minimum Gasteiger partial charge on any atom is -0.383 e. The van der Waals surface area contributed by atoms with E-state index in [-0.39, 0.29) is 36.0 Å². The number of hydrogen-bond donors (Lipinski definition) is 0. The fourth-order valence-corrected chi connectivity index (χ4v) is 4.50. The molecular formula is C24H20ClF3N2O7S. The number of nitro benzene ring substituents is 1. The van der Waals surface area contributed by atoms with Crippen LogP contribution in [0.25, 0.3) is 0 Å². The average molecular weight is 573 g/mol. The average Bonchev–Trinajstić information content (AvgIpc) is 2.86. The maximum atomic E-state index is 13.1. The predicted octanol–water partition coefficient (Wildman–Crippen LogP) is 5.32. The van der Waals surface area contributed by atoms with Crippen LogP contribution in [-0.4, -0.2) is 44.4 Å². The first-order chi connectivity index (χ1) is 17.8. The lowest BCUT2D eigenvalue weighted by molar-refractivity contribution is -0.384. The van der Waals surface area contributed by atoms with Gasteiger partial charge in [-0.05, 0) is 48.0 Å². The van der Waals surface area contributed by atoms with Crippen molar-refractivity contribution in [2.45, 2.75) is 17.6 Å². The summed E-state index contributed by atoms with van der Waals surface area (Å²) in [6.45, 7) is 0.139. The molecule has 3 rings (SSSR count). The lowest BCUT2D eigenvalue weighted by atomic mass is 10.1. The molecule has 0 aliphatic heterocycles. The Morgan fingerprint density at radius 2 is 1.79 bits per heavy atom. The number of carbonyl (C=O) groups is 1. The monoisotopic (exact) mass is 572 g/mol. The highest BCUT2D eigenvalue weighted by Gasteiger charge is 2.32. The number of ether oxygens (including phenoxy) is 1. The second kappa shape index (κ2) is 11.8. The number of amides is 1. The van der Waals surface area contributed by atoms with Crippen molar-refractivity contribution in [2.75, 3.05) is 20.3 Å². The van der Waals surface area contributed by atoms with E-state index < -0.39 is 43.3 Å². The summed E-state index contributed by atoms with van der Waals surface area (Å²) < 4.78 is 74.3. The molecule has 3 aromatic rings. The van der Waals surface area contributed by atoms with Crippen molar-refractivity contribution in [3.05, 3.63) is 98.6 Å². The van der Waals surface area contributed by atoms with Crippen LogP contribution >= 0.6 is 11.6 Å².